The number of likely N-dealkylation sites (N-methyl/N-ethyl adjacent to an activating group) is 1. The number of rotatable bonds is 2. The molecule has 1 aliphatic heterocycles. The molecule has 0 bridgehead atoms. The predicted octanol–water partition coefficient (Wildman–Crippen LogP) is -4.16. The highest BCUT2D eigenvalue weighted by atomic mass is 16.6. The molecule has 1 unspecified atom stereocenters. The largest absolute Gasteiger partial charge is 0.394 e. The van der Waals surface area contributed by atoms with Gasteiger partial charge in [0.25, 0.3) is 0 Å². The number of aliphatic hydroxyl groups is 4. The van der Waals surface area contributed by atoms with Crippen molar-refractivity contribution in [2.45, 2.75) is 30.6 Å². The van der Waals surface area contributed by atoms with Crippen LogP contribution in [0.3, 0.4) is 0 Å². The molecule has 0 amide bonds. The van der Waals surface area contributed by atoms with Crippen LogP contribution in [-0.4, -0.2) is 70.7 Å². The molecule has 0 radical (unpaired) electrons. The number of ether oxygens (including phenoxy) is 1. The summed E-state index contributed by atoms with van der Waals surface area (Å²) in [7, 11) is 1.53. The number of nitrogens with two attached hydrogens (primary N) is 2. The monoisotopic (exact) mass is 252 g/mol. The summed E-state index contributed by atoms with van der Waals surface area (Å²) in [5.41, 5.74) is 8.94. The fourth-order valence-electron chi connectivity index (χ4n) is 1.41. The molecule has 5 atom stereocenters. The lowest BCUT2D eigenvalue weighted by Crippen LogP contribution is -2.62. The van der Waals surface area contributed by atoms with E-state index in [1.165, 1.54) is 7.05 Å². The number of guanidine groups is 1. The van der Waals surface area contributed by atoms with E-state index in [0.717, 1.165) is 0 Å². The van der Waals surface area contributed by atoms with E-state index in [1.807, 2.05) is 0 Å². The third kappa shape index (κ3) is 4.81. The number of hydrogen-bond acceptors (Lipinski definition) is 7. The van der Waals surface area contributed by atoms with E-state index < -0.39 is 37.3 Å². The van der Waals surface area contributed by atoms with E-state index in [2.05, 4.69) is 16.8 Å². The maximum absolute atomic E-state index is 9.45. The molecule has 1 aliphatic rings. The topological polar surface area (TPSA) is 178 Å². The Kier molecular flexibility index (Phi) is 6.95. The lowest BCUT2D eigenvalue weighted by Gasteiger charge is -2.39. The van der Waals surface area contributed by atoms with Crippen molar-refractivity contribution < 1.29 is 25.2 Å². The summed E-state index contributed by atoms with van der Waals surface area (Å²) in [5, 5.41) is 45.5. The minimum atomic E-state index is -1.22. The molecule has 0 saturated carbocycles. The van der Waals surface area contributed by atoms with Crippen molar-refractivity contribution in [1.82, 2.24) is 5.32 Å². The van der Waals surface area contributed by atoms with E-state index >= 15 is 0 Å². The summed E-state index contributed by atoms with van der Waals surface area (Å²) in [5.74, 6) is -0.333. The molecular weight excluding hydrogens is 232 g/mol. The average Bonchev–Trinajstić information content (AvgIpc) is 2.23. The van der Waals surface area contributed by atoms with Gasteiger partial charge in [0, 0.05) is 0 Å². The van der Waals surface area contributed by atoms with Crippen LogP contribution in [-0.2, 0) is 4.74 Å². The Morgan fingerprint density at radius 1 is 1.29 bits per heavy atom. The van der Waals surface area contributed by atoms with E-state index in [-0.39, 0.29) is 5.96 Å². The summed E-state index contributed by atoms with van der Waals surface area (Å²) >= 11 is 0. The Balaban J connectivity index is 0.000000557. The Labute approximate surface area is 98.5 Å². The minimum Gasteiger partial charge on any atom is -0.394 e. The Hall–Kier alpha value is -0.970. The van der Waals surface area contributed by atoms with E-state index in [9.17, 15) is 15.3 Å². The lowest BCUT2D eigenvalue weighted by molar-refractivity contribution is -0.253. The van der Waals surface area contributed by atoms with E-state index in [4.69, 9.17) is 15.3 Å². The lowest BCUT2D eigenvalue weighted by atomic mass is 9.97. The second kappa shape index (κ2) is 7.37. The van der Waals surface area contributed by atoms with Gasteiger partial charge in [-0.25, -0.2) is 0 Å². The molecule has 1 saturated heterocycles. The van der Waals surface area contributed by atoms with Gasteiger partial charge < -0.3 is 41.9 Å². The van der Waals surface area contributed by atoms with Gasteiger partial charge in [0.1, 0.15) is 18.3 Å². The first-order chi connectivity index (χ1) is 7.84. The van der Waals surface area contributed by atoms with Gasteiger partial charge in [0.05, 0.1) is 12.6 Å². The van der Waals surface area contributed by atoms with Gasteiger partial charge in [-0.05, 0) is 7.05 Å². The first-order valence-corrected chi connectivity index (χ1v) is 4.92. The maximum Gasteiger partial charge on any atom is 0.183 e. The van der Waals surface area contributed by atoms with Crippen molar-refractivity contribution >= 4 is 5.96 Å². The van der Waals surface area contributed by atoms with Gasteiger partial charge in [0.2, 0.25) is 0 Å². The van der Waals surface area contributed by atoms with Gasteiger partial charge in [-0.2, -0.15) is 0 Å². The molecule has 0 aromatic heterocycles. The second-order valence-electron chi connectivity index (χ2n) is 3.50. The van der Waals surface area contributed by atoms with Gasteiger partial charge >= 0.3 is 0 Å². The van der Waals surface area contributed by atoms with Gasteiger partial charge in [0.15, 0.2) is 12.2 Å². The number of hydrogen-bond donors (Lipinski definition) is 8. The molecule has 102 valence electrons. The maximum atomic E-state index is 9.45. The predicted molar refractivity (Wildman–Crippen MR) is 58.9 cm³/mol. The molecule has 0 aliphatic carbocycles. The summed E-state index contributed by atoms with van der Waals surface area (Å²) < 4.78 is 4.85. The van der Waals surface area contributed by atoms with Crippen molar-refractivity contribution in [1.29, 1.82) is 5.41 Å². The molecular formula is C8H20N4O5. The molecule has 9 nitrogen and oxygen atoms in total. The SMILES string of the molecule is CN[C@H]1C(O)O[C@H](CO)[C@@H](O)[C@@H]1O.N=C(N)N. The zero-order chi connectivity index (χ0) is 13.6. The minimum absolute atomic E-state index is 0.333. The Bertz CT molecular complexity index is 238. The first-order valence-electron chi connectivity index (χ1n) is 4.92. The first kappa shape index (κ1) is 16.0. The van der Waals surface area contributed by atoms with Crippen LogP contribution in [0.1, 0.15) is 0 Å². The third-order valence-corrected chi connectivity index (χ3v) is 2.23. The van der Waals surface area contributed by atoms with Gasteiger partial charge in [-0.3, -0.25) is 5.41 Å². The van der Waals surface area contributed by atoms with Crippen LogP contribution >= 0.6 is 0 Å². The average molecular weight is 252 g/mol. The van der Waals surface area contributed by atoms with Gasteiger partial charge in [-0.1, -0.05) is 0 Å². The van der Waals surface area contributed by atoms with Crippen LogP contribution in [0.4, 0.5) is 0 Å². The Morgan fingerprint density at radius 2 is 1.76 bits per heavy atom. The van der Waals surface area contributed by atoms with Crippen molar-refractivity contribution in [2.75, 3.05) is 13.7 Å². The van der Waals surface area contributed by atoms with Crippen molar-refractivity contribution in [2.24, 2.45) is 11.5 Å². The zero-order valence-corrected chi connectivity index (χ0v) is 9.45. The fourth-order valence-corrected chi connectivity index (χ4v) is 1.41. The molecule has 9 heteroatoms. The molecule has 1 rings (SSSR count). The molecule has 0 spiro atoms. The summed E-state index contributed by atoms with van der Waals surface area (Å²) in [6.45, 7) is -0.439. The summed E-state index contributed by atoms with van der Waals surface area (Å²) in [4.78, 5) is 0. The van der Waals surface area contributed by atoms with Crippen LogP contribution in [0.25, 0.3) is 0 Å². The van der Waals surface area contributed by atoms with Crippen LogP contribution < -0.4 is 16.8 Å². The standard InChI is InChI=1S/C7H15NO5.CH5N3/c1-8-4-6(11)5(10)3(2-9)13-7(4)12;2-1(3)4/h3-12H,2H2,1H3;(H5,2,3,4)/t3-,4-,5-,6-,7?;/m1./s1. The highest BCUT2D eigenvalue weighted by Gasteiger charge is 2.42. The van der Waals surface area contributed by atoms with Crippen molar-refractivity contribution in [3.8, 4) is 0 Å². The highest BCUT2D eigenvalue weighted by molar-refractivity contribution is 5.71. The Morgan fingerprint density at radius 3 is 2.12 bits per heavy atom. The summed E-state index contributed by atoms with van der Waals surface area (Å²) in [6, 6.07) is -0.738. The molecule has 1 fully saturated rings. The normalized spacial score (nSPS) is 36.9. The smallest absolute Gasteiger partial charge is 0.183 e. The molecule has 0 aromatic rings. The van der Waals surface area contributed by atoms with E-state index in [1.54, 1.807) is 0 Å². The van der Waals surface area contributed by atoms with Crippen LogP contribution in [0.15, 0.2) is 0 Å². The van der Waals surface area contributed by atoms with Crippen molar-refractivity contribution in [3.05, 3.63) is 0 Å². The molecule has 1 heterocycles. The second-order valence-corrected chi connectivity index (χ2v) is 3.50. The van der Waals surface area contributed by atoms with Crippen LogP contribution in [0.2, 0.25) is 0 Å². The zero-order valence-electron chi connectivity index (χ0n) is 9.45. The van der Waals surface area contributed by atoms with Crippen LogP contribution in [0.5, 0.6) is 0 Å². The van der Waals surface area contributed by atoms with Gasteiger partial charge in [-0.15, -0.1) is 0 Å². The number of aliphatic hydroxyl groups excluding tert-OH is 4. The number of nitrogens with one attached hydrogen (secondary N) is 2. The third-order valence-electron chi connectivity index (χ3n) is 2.23. The quantitative estimate of drug-likeness (QED) is 0.180. The van der Waals surface area contributed by atoms with Crippen molar-refractivity contribution in [3.63, 3.8) is 0 Å². The fraction of sp³-hybridized carbons (Fsp3) is 0.875. The summed E-state index contributed by atoms with van der Waals surface area (Å²) in [6.07, 6.45) is -4.49. The molecule has 10 N–H and O–H groups in total. The highest BCUT2D eigenvalue weighted by Crippen LogP contribution is 2.18. The van der Waals surface area contributed by atoms with Crippen LogP contribution in [0, 0.1) is 5.41 Å². The molecule has 0 aromatic carbocycles. The molecule has 17 heavy (non-hydrogen) atoms. The van der Waals surface area contributed by atoms with E-state index in [0.29, 0.717) is 0 Å².